The zero-order valence-corrected chi connectivity index (χ0v) is 13.2. The third kappa shape index (κ3) is 2.99. The predicted octanol–water partition coefficient (Wildman–Crippen LogP) is 3.74. The zero-order chi connectivity index (χ0) is 16.4. The standard InChI is InChI=1S/C16H15ClF2N4/c1-20-14-15(17)21-9-22-16(14)23-7-5-10(6-8-23)13-11(18)3-2-4-12(13)19/h2-5,9,20H,6-8H2,1H3. The second kappa shape index (κ2) is 6.50. The fourth-order valence-corrected chi connectivity index (χ4v) is 2.93. The van der Waals surface area contributed by atoms with E-state index >= 15 is 0 Å². The van der Waals surface area contributed by atoms with E-state index in [-0.39, 0.29) is 5.56 Å². The molecule has 1 aromatic carbocycles. The molecule has 4 nitrogen and oxygen atoms in total. The van der Waals surface area contributed by atoms with Crippen LogP contribution in [0.1, 0.15) is 12.0 Å². The minimum Gasteiger partial charge on any atom is -0.383 e. The number of nitrogens with zero attached hydrogens (tertiary/aromatic N) is 3. The Morgan fingerprint density at radius 1 is 1.22 bits per heavy atom. The molecule has 0 saturated heterocycles. The number of anilines is 2. The van der Waals surface area contributed by atoms with Crippen LogP contribution in [0.3, 0.4) is 0 Å². The van der Waals surface area contributed by atoms with Crippen LogP contribution in [0.25, 0.3) is 5.57 Å². The lowest BCUT2D eigenvalue weighted by atomic mass is 9.98. The molecule has 120 valence electrons. The van der Waals surface area contributed by atoms with Gasteiger partial charge in [-0.1, -0.05) is 23.7 Å². The second-order valence-electron chi connectivity index (χ2n) is 5.14. The number of hydrogen-bond donors (Lipinski definition) is 1. The molecule has 1 aliphatic heterocycles. The Kier molecular flexibility index (Phi) is 4.43. The van der Waals surface area contributed by atoms with Crippen LogP contribution >= 0.6 is 11.6 Å². The summed E-state index contributed by atoms with van der Waals surface area (Å²) in [5, 5.41) is 3.32. The van der Waals surface area contributed by atoms with Gasteiger partial charge in [0.2, 0.25) is 0 Å². The average molecular weight is 337 g/mol. The summed E-state index contributed by atoms with van der Waals surface area (Å²) in [6.07, 6.45) is 3.73. The highest BCUT2D eigenvalue weighted by Crippen LogP contribution is 2.33. The molecule has 3 rings (SSSR count). The van der Waals surface area contributed by atoms with Crippen molar-refractivity contribution < 1.29 is 8.78 Å². The van der Waals surface area contributed by atoms with Gasteiger partial charge in [-0.2, -0.15) is 0 Å². The summed E-state index contributed by atoms with van der Waals surface area (Å²) in [5.41, 5.74) is 1.37. The van der Waals surface area contributed by atoms with Crippen molar-refractivity contribution in [3.63, 3.8) is 0 Å². The first-order valence-electron chi connectivity index (χ1n) is 7.18. The van der Waals surface area contributed by atoms with Gasteiger partial charge >= 0.3 is 0 Å². The van der Waals surface area contributed by atoms with Crippen molar-refractivity contribution in [1.82, 2.24) is 9.97 Å². The van der Waals surface area contributed by atoms with E-state index in [4.69, 9.17) is 11.6 Å². The van der Waals surface area contributed by atoms with Crippen molar-refractivity contribution in [3.05, 3.63) is 53.0 Å². The van der Waals surface area contributed by atoms with Gasteiger partial charge in [-0.15, -0.1) is 0 Å². The van der Waals surface area contributed by atoms with Gasteiger partial charge in [0.15, 0.2) is 11.0 Å². The number of rotatable bonds is 3. The van der Waals surface area contributed by atoms with Crippen LogP contribution in [0.15, 0.2) is 30.6 Å². The molecule has 23 heavy (non-hydrogen) atoms. The highest BCUT2D eigenvalue weighted by atomic mass is 35.5. The number of halogens is 3. The Balaban J connectivity index is 1.88. The normalized spacial score (nSPS) is 14.6. The summed E-state index contributed by atoms with van der Waals surface area (Å²) < 4.78 is 27.8. The summed E-state index contributed by atoms with van der Waals surface area (Å²) in [5.74, 6) is -0.395. The van der Waals surface area contributed by atoms with E-state index in [0.29, 0.717) is 41.7 Å². The van der Waals surface area contributed by atoms with Gasteiger partial charge in [0.1, 0.15) is 23.6 Å². The molecule has 1 N–H and O–H groups in total. The molecule has 2 heterocycles. The Labute approximate surface area is 137 Å². The second-order valence-corrected chi connectivity index (χ2v) is 5.49. The van der Waals surface area contributed by atoms with Gasteiger partial charge in [0, 0.05) is 25.7 Å². The minimum atomic E-state index is -0.536. The smallest absolute Gasteiger partial charge is 0.157 e. The number of hydrogen-bond acceptors (Lipinski definition) is 4. The molecule has 0 fully saturated rings. The molecular weight excluding hydrogens is 322 g/mol. The molecule has 2 aromatic rings. The lowest BCUT2D eigenvalue weighted by molar-refractivity contribution is 0.574. The SMILES string of the molecule is CNc1c(Cl)ncnc1N1CC=C(c2c(F)cccc2F)CC1. The monoisotopic (exact) mass is 336 g/mol. The first-order chi connectivity index (χ1) is 11.1. The van der Waals surface area contributed by atoms with E-state index in [1.165, 1.54) is 24.5 Å². The quantitative estimate of drug-likeness (QED) is 0.867. The molecule has 0 bridgehead atoms. The topological polar surface area (TPSA) is 41.1 Å². The third-order valence-electron chi connectivity index (χ3n) is 3.82. The maximum absolute atomic E-state index is 13.9. The average Bonchev–Trinajstić information content (AvgIpc) is 2.55. The van der Waals surface area contributed by atoms with Crippen LogP contribution in [0.2, 0.25) is 5.15 Å². The molecule has 0 unspecified atom stereocenters. The van der Waals surface area contributed by atoms with Crippen LogP contribution in [0.5, 0.6) is 0 Å². The lowest BCUT2D eigenvalue weighted by Gasteiger charge is -2.29. The van der Waals surface area contributed by atoms with E-state index in [1.807, 2.05) is 11.0 Å². The number of nitrogens with one attached hydrogen (secondary N) is 1. The summed E-state index contributed by atoms with van der Waals surface area (Å²) in [6.45, 7) is 1.08. The molecule has 0 radical (unpaired) electrons. The Hall–Kier alpha value is -2.21. The zero-order valence-electron chi connectivity index (χ0n) is 12.5. The van der Waals surface area contributed by atoms with Crippen molar-refractivity contribution in [3.8, 4) is 0 Å². The summed E-state index contributed by atoms with van der Waals surface area (Å²) in [6, 6.07) is 3.91. The van der Waals surface area contributed by atoms with Gasteiger partial charge in [-0.05, 0) is 24.1 Å². The lowest BCUT2D eigenvalue weighted by Crippen LogP contribution is -2.30. The maximum Gasteiger partial charge on any atom is 0.157 e. The molecule has 0 atom stereocenters. The molecule has 7 heteroatoms. The van der Waals surface area contributed by atoms with Crippen LogP contribution in [-0.2, 0) is 0 Å². The van der Waals surface area contributed by atoms with Crippen molar-refractivity contribution in [1.29, 1.82) is 0 Å². The first kappa shape index (κ1) is 15.7. The fraction of sp³-hybridized carbons (Fsp3) is 0.250. The molecule has 1 aromatic heterocycles. The van der Waals surface area contributed by atoms with E-state index in [9.17, 15) is 8.78 Å². The summed E-state index contributed by atoms with van der Waals surface area (Å²) in [4.78, 5) is 10.2. The van der Waals surface area contributed by atoms with Gasteiger partial charge in [-0.3, -0.25) is 0 Å². The van der Waals surface area contributed by atoms with Crippen LogP contribution in [-0.4, -0.2) is 30.1 Å². The third-order valence-corrected chi connectivity index (χ3v) is 4.11. The summed E-state index contributed by atoms with van der Waals surface area (Å²) >= 11 is 6.06. The number of benzene rings is 1. The highest BCUT2D eigenvalue weighted by molar-refractivity contribution is 6.32. The van der Waals surface area contributed by atoms with Gasteiger partial charge < -0.3 is 10.2 Å². The van der Waals surface area contributed by atoms with Crippen molar-refractivity contribution >= 4 is 28.7 Å². The van der Waals surface area contributed by atoms with Crippen molar-refractivity contribution in [2.24, 2.45) is 0 Å². The van der Waals surface area contributed by atoms with E-state index < -0.39 is 11.6 Å². The molecule has 0 spiro atoms. The van der Waals surface area contributed by atoms with Crippen molar-refractivity contribution in [2.45, 2.75) is 6.42 Å². The summed E-state index contributed by atoms with van der Waals surface area (Å²) in [7, 11) is 1.74. The van der Waals surface area contributed by atoms with Gasteiger partial charge in [0.05, 0.1) is 0 Å². The van der Waals surface area contributed by atoms with Gasteiger partial charge in [-0.25, -0.2) is 18.7 Å². The van der Waals surface area contributed by atoms with Crippen molar-refractivity contribution in [2.75, 3.05) is 30.4 Å². The van der Waals surface area contributed by atoms with Crippen LogP contribution in [0, 0.1) is 11.6 Å². The molecule has 0 saturated carbocycles. The molecular formula is C16H15ClF2N4. The number of aromatic nitrogens is 2. The Morgan fingerprint density at radius 2 is 1.96 bits per heavy atom. The van der Waals surface area contributed by atoms with Gasteiger partial charge in [0.25, 0.3) is 0 Å². The maximum atomic E-state index is 13.9. The minimum absolute atomic E-state index is 0.0571. The molecule has 0 amide bonds. The first-order valence-corrected chi connectivity index (χ1v) is 7.56. The molecule has 0 aliphatic carbocycles. The molecule has 1 aliphatic rings. The fourth-order valence-electron chi connectivity index (χ4n) is 2.70. The van der Waals surface area contributed by atoms with E-state index in [2.05, 4.69) is 15.3 Å². The highest BCUT2D eigenvalue weighted by Gasteiger charge is 2.21. The largest absolute Gasteiger partial charge is 0.383 e. The Morgan fingerprint density at radius 3 is 2.57 bits per heavy atom. The van der Waals surface area contributed by atoms with Crippen LogP contribution in [0.4, 0.5) is 20.3 Å². The predicted molar refractivity (Wildman–Crippen MR) is 87.8 cm³/mol. The van der Waals surface area contributed by atoms with Crippen LogP contribution < -0.4 is 10.2 Å². The van der Waals surface area contributed by atoms with E-state index in [1.54, 1.807) is 7.05 Å². The van der Waals surface area contributed by atoms with E-state index in [0.717, 1.165) is 0 Å². The Bertz CT molecular complexity index is 743.